The number of thioether (sulfide) groups is 1. The van der Waals surface area contributed by atoms with Crippen LogP contribution in [0.25, 0.3) is 0 Å². The van der Waals surface area contributed by atoms with E-state index in [2.05, 4.69) is 13.0 Å². The molecule has 0 spiro atoms. The van der Waals surface area contributed by atoms with Gasteiger partial charge in [0.2, 0.25) is 5.91 Å². The van der Waals surface area contributed by atoms with Crippen LogP contribution in [-0.4, -0.2) is 30.9 Å². The van der Waals surface area contributed by atoms with Gasteiger partial charge in [-0.15, -0.1) is 11.8 Å². The summed E-state index contributed by atoms with van der Waals surface area (Å²) < 4.78 is 11.4. The van der Waals surface area contributed by atoms with E-state index in [-0.39, 0.29) is 11.9 Å². The lowest BCUT2D eigenvalue weighted by atomic mass is 10.1. The highest BCUT2D eigenvalue weighted by atomic mass is 32.2. The molecule has 2 aromatic rings. The summed E-state index contributed by atoms with van der Waals surface area (Å²) in [7, 11) is 0. The number of para-hydroxylation sites is 1. The number of hydrogen-bond donors (Lipinski definition) is 0. The molecular formula is C20H21NO3S. The highest BCUT2D eigenvalue weighted by molar-refractivity contribution is 8.00. The molecule has 2 aliphatic heterocycles. The van der Waals surface area contributed by atoms with Gasteiger partial charge in [0.15, 0.2) is 11.5 Å². The number of rotatable bonds is 3. The van der Waals surface area contributed by atoms with E-state index >= 15 is 0 Å². The van der Waals surface area contributed by atoms with Crippen molar-refractivity contribution in [2.24, 2.45) is 0 Å². The predicted octanol–water partition coefficient (Wildman–Crippen LogP) is 3.92. The van der Waals surface area contributed by atoms with E-state index in [0.717, 1.165) is 34.9 Å². The molecule has 130 valence electrons. The summed E-state index contributed by atoms with van der Waals surface area (Å²) in [6, 6.07) is 14.3. The van der Waals surface area contributed by atoms with Gasteiger partial charge in [0.05, 0.1) is 19.0 Å². The molecule has 1 unspecified atom stereocenters. The van der Waals surface area contributed by atoms with E-state index in [0.29, 0.717) is 19.0 Å². The second-order valence-corrected chi connectivity index (χ2v) is 7.44. The van der Waals surface area contributed by atoms with E-state index < -0.39 is 0 Å². The minimum atomic E-state index is 0.148. The summed E-state index contributed by atoms with van der Waals surface area (Å²) in [5.41, 5.74) is 2.31. The van der Waals surface area contributed by atoms with Crippen LogP contribution in [0, 0.1) is 0 Å². The summed E-state index contributed by atoms with van der Waals surface area (Å²) >= 11 is 1.54. The maximum absolute atomic E-state index is 12.8. The topological polar surface area (TPSA) is 38.8 Å². The smallest absolute Gasteiger partial charge is 0.237 e. The van der Waals surface area contributed by atoms with Crippen molar-refractivity contribution in [3.05, 3.63) is 48.0 Å². The highest BCUT2D eigenvalue weighted by Gasteiger charge is 2.30. The van der Waals surface area contributed by atoms with Crippen LogP contribution in [0.4, 0.5) is 5.69 Å². The summed E-state index contributed by atoms with van der Waals surface area (Å²) in [6.45, 7) is 3.46. The van der Waals surface area contributed by atoms with Gasteiger partial charge in [0.1, 0.15) is 0 Å². The number of hydrogen-bond acceptors (Lipinski definition) is 4. The first kappa shape index (κ1) is 16.3. The van der Waals surface area contributed by atoms with Crippen molar-refractivity contribution in [2.75, 3.05) is 23.9 Å². The fraction of sp³-hybridized carbons (Fsp3) is 0.350. The van der Waals surface area contributed by atoms with E-state index in [4.69, 9.17) is 9.47 Å². The van der Waals surface area contributed by atoms with E-state index in [1.165, 1.54) is 5.56 Å². The molecule has 25 heavy (non-hydrogen) atoms. The Hall–Kier alpha value is -2.14. The van der Waals surface area contributed by atoms with Gasteiger partial charge >= 0.3 is 0 Å². The van der Waals surface area contributed by atoms with Gasteiger partial charge in [0, 0.05) is 23.0 Å². The molecule has 1 amide bonds. The number of nitrogens with zero attached hydrogens (tertiary/aromatic N) is 1. The zero-order valence-corrected chi connectivity index (χ0v) is 15.1. The number of benzene rings is 2. The minimum Gasteiger partial charge on any atom is -0.490 e. The molecule has 0 saturated heterocycles. The van der Waals surface area contributed by atoms with Crippen molar-refractivity contribution in [1.82, 2.24) is 0 Å². The number of fused-ring (bicyclic) bond motifs is 2. The average molecular weight is 355 g/mol. The molecule has 4 nitrogen and oxygen atoms in total. The van der Waals surface area contributed by atoms with E-state index in [1.54, 1.807) is 11.8 Å². The molecule has 4 rings (SSSR count). The van der Waals surface area contributed by atoms with Crippen molar-refractivity contribution in [1.29, 1.82) is 0 Å². The Balaban J connectivity index is 1.45. The number of carbonyl (C=O) groups is 1. The number of amides is 1. The van der Waals surface area contributed by atoms with Crippen LogP contribution >= 0.6 is 11.8 Å². The standard InChI is InChI=1S/C20H21NO3S/c1-14-11-15-5-2-3-6-17(15)21(14)20(22)13-25-16-7-8-18-19(12-16)24-10-4-9-23-18/h2-3,5-8,12,14H,4,9-11,13H2,1H3. The Kier molecular flexibility index (Phi) is 4.57. The fourth-order valence-corrected chi connectivity index (χ4v) is 4.18. The summed E-state index contributed by atoms with van der Waals surface area (Å²) in [6.07, 6.45) is 1.82. The molecule has 0 bridgehead atoms. The van der Waals surface area contributed by atoms with Gasteiger partial charge in [-0.3, -0.25) is 4.79 Å². The molecule has 0 fully saturated rings. The van der Waals surface area contributed by atoms with Crippen LogP contribution in [0.15, 0.2) is 47.4 Å². The molecule has 0 aromatic heterocycles. The maximum atomic E-state index is 12.8. The average Bonchev–Trinajstić information content (AvgIpc) is 2.79. The van der Waals surface area contributed by atoms with Crippen LogP contribution in [0.1, 0.15) is 18.9 Å². The molecular weight excluding hydrogens is 334 g/mol. The van der Waals surface area contributed by atoms with Gasteiger partial charge in [-0.2, -0.15) is 0 Å². The van der Waals surface area contributed by atoms with Gasteiger partial charge in [0.25, 0.3) is 0 Å². The Bertz CT molecular complexity index is 792. The van der Waals surface area contributed by atoms with Crippen LogP contribution in [0.5, 0.6) is 11.5 Å². The first-order valence-corrected chi connectivity index (χ1v) is 9.63. The third kappa shape index (κ3) is 3.33. The van der Waals surface area contributed by atoms with Crippen LogP contribution in [-0.2, 0) is 11.2 Å². The van der Waals surface area contributed by atoms with Crippen molar-refractivity contribution in [2.45, 2.75) is 30.7 Å². The second-order valence-electron chi connectivity index (χ2n) is 6.39. The molecule has 5 heteroatoms. The number of anilines is 1. The molecule has 0 saturated carbocycles. The van der Waals surface area contributed by atoms with Gasteiger partial charge in [-0.05, 0) is 43.2 Å². The molecule has 0 N–H and O–H groups in total. The van der Waals surface area contributed by atoms with Crippen LogP contribution in [0.2, 0.25) is 0 Å². The zero-order chi connectivity index (χ0) is 17.2. The lowest BCUT2D eigenvalue weighted by molar-refractivity contribution is -0.116. The van der Waals surface area contributed by atoms with E-state index in [1.807, 2.05) is 41.3 Å². The van der Waals surface area contributed by atoms with Gasteiger partial charge < -0.3 is 14.4 Å². The molecule has 2 heterocycles. The fourth-order valence-electron chi connectivity index (χ4n) is 3.39. The van der Waals surface area contributed by atoms with Crippen molar-refractivity contribution in [3.63, 3.8) is 0 Å². The van der Waals surface area contributed by atoms with Crippen molar-refractivity contribution in [3.8, 4) is 11.5 Å². The summed E-state index contributed by atoms with van der Waals surface area (Å²) in [5, 5.41) is 0. The first-order valence-electron chi connectivity index (χ1n) is 8.65. The second kappa shape index (κ2) is 7.00. The van der Waals surface area contributed by atoms with E-state index in [9.17, 15) is 4.79 Å². The first-order chi connectivity index (χ1) is 12.2. The largest absolute Gasteiger partial charge is 0.490 e. The zero-order valence-electron chi connectivity index (χ0n) is 14.2. The van der Waals surface area contributed by atoms with Crippen molar-refractivity contribution < 1.29 is 14.3 Å². The van der Waals surface area contributed by atoms with Gasteiger partial charge in [-0.25, -0.2) is 0 Å². The van der Waals surface area contributed by atoms with Gasteiger partial charge in [-0.1, -0.05) is 18.2 Å². The Morgan fingerprint density at radius 2 is 1.96 bits per heavy atom. The normalized spacial score (nSPS) is 18.6. The third-order valence-electron chi connectivity index (χ3n) is 4.56. The molecule has 0 aliphatic carbocycles. The SMILES string of the molecule is CC1Cc2ccccc2N1C(=O)CSc1ccc2c(c1)OCCCO2. The third-order valence-corrected chi connectivity index (χ3v) is 5.54. The Morgan fingerprint density at radius 1 is 1.16 bits per heavy atom. The lowest BCUT2D eigenvalue weighted by Gasteiger charge is -2.22. The monoisotopic (exact) mass is 355 g/mol. The Labute approximate surface area is 152 Å². The molecule has 1 atom stereocenters. The van der Waals surface area contributed by atoms with Crippen molar-refractivity contribution >= 4 is 23.4 Å². The predicted molar refractivity (Wildman–Crippen MR) is 99.9 cm³/mol. The quantitative estimate of drug-likeness (QED) is 0.783. The highest BCUT2D eigenvalue weighted by Crippen LogP contribution is 2.35. The van der Waals surface area contributed by atoms with Crippen LogP contribution < -0.4 is 14.4 Å². The molecule has 0 radical (unpaired) electrons. The molecule has 2 aliphatic rings. The number of carbonyl (C=O) groups excluding carboxylic acids is 1. The summed E-state index contributed by atoms with van der Waals surface area (Å²) in [5.74, 6) is 2.12. The molecule has 2 aromatic carbocycles. The summed E-state index contributed by atoms with van der Waals surface area (Å²) in [4.78, 5) is 15.7. The Morgan fingerprint density at radius 3 is 2.84 bits per heavy atom. The lowest BCUT2D eigenvalue weighted by Crippen LogP contribution is -2.36. The minimum absolute atomic E-state index is 0.148. The number of ether oxygens (including phenoxy) is 2. The maximum Gasteiger partial charge on any atom is 0.237 e. The van der Waals surface area contributed by atoms with Crippen LogP contribution in [0.3, 0.4) is 0 Å².